The van der Waals surface area contributed by atoms with Crippen LogP contribution in [0.3, 0.4) is 0 Å². The van der Waals surface area contributed by atoms with Gasteiger partial charge in [0.15, 0.2) is 0 Å². The Hall–Kier alpha value is -4.11. The molecule has 1 saturated heterocycles. The second kappa shape index (κ2) is 9.17. The molecule has 0 aromatic heterocycles. The molecule has 164 valence electrons. The average molecular weight is 505 g/mol. The minimum absolute atomic E-state index is 0.162. The summed E-state index contributed by atoms with van der Waals surface area (Å²) >= 11 is 3.38. The van der Waals surface area contributed by atoms with E-state index in [1.165, 1.54) is 18.2 Å². The van der Waals surface area contributed by atoms with Gasteiger partial charge in [0.25, 0.3) is 11.8 Å². The molecule has 0 atom stereocenters. The van der Waals surface area contributed by atoms with Crippen LogP contribution in [-0.4, -0.2) is 23.0 Å². The third kappa shape index (κ3) is 4.73. The number of benzene rings is 3. The molecule has 1 heterocycles. The number of halogens is 1. The first-order chi connectivity index (χ1) is 15.8. The number of aryl methyl sites for hydroxylation is 1. The van der Waals surface area contributed by atoms with Crippen molar-refractivity contribution < 1.29 is 19.5 Å². The van der Waals surface area contributed by atoms with E-state index in [0.29, 0.717) is 17.1 Å². The highest BCUT2D eigenvalue weighted by atomic mass is 79.9. The Morgan fingerprint density at radius 1 is 0.939 bits per heavy atom. The highest BCUT2D eigenvalue weighted by molar-refractivity contribution is 9.10. The maximum Gasteiger partial charge on any atom is 0.335 e. The Morgan fingerprint density at radius 2 is 1.67 bits per heavy atom. The van der Waals surface area contributed by atoms with Crippen molar-refractivity contribution in [2.45, 2.75) is 6.92 Å². The maximum atomic E-state index is 13.1. The third-order valence-electron chi connectivity index (χ3n) is 4.85. The van der Waals surface area contributed by atoms with Gasteiger partial charge in [-0.3, -0.25) is 14.9 Å². The Bertz CT molecular complexity index is 1340. The predicted molar refractivity (Wildman–Crippen MR) is 127 cm³/mol. The summed E-state index contributed by atoms with van der Waals surface area (Å²) in [6.45, 7) is 1.81. The average Bonchev–Trinajstić information content (AvgIpc) is 2.79. The lowest BCUT2D eigenvalue weighted by Gasteiger charge is -2.26. The second-order valence-electron chi connectivity index (χ2n) is 7.17. The van der Waals surface area contributed by atoms with E-state index in [0.717, 1.165) is 14.9 Å². The minimum Gasteiger partial charge on any atom is -0.507 e. The number of nitrogens with zero attached hydrogens (tertiary/aromatic N) is 3. The van der Waals surface area contributed by atoms with Crippen molar-refractivity contribution in [2.75, 3.05) is 4.90 Å². The zero-order chi connectivity index (χ0) is 23.5. The second-order valence-corrected chi connectivity index (χ2v) is 8.02. The Balaban J connectivity index is 1.69. The first-order valence-electron chi connectivity index (χ1n) is 9.81. The predicted octanol–water partition coefficient (Wildman–Crippen LogP) is 5.54. The lowest BCUT2D eigenvalue weighted by atomic mass is 10.1. The molecule has 0 radical (unpaired) electrons. The number of carbonyl (C=O) groups excluding carboxylic acids is 3. The normalized spacial score (nSPS) is 15.4. The number of carbonyl (C=O) groups is 3. The van der Waals surface area contributed by atoms with E-state index in [-0.39, 0.29) is 16.9 Å². The number of amides is 4. The van der Waals surface area contributed by atoms with E-state index in [1.807, 2.05) is 25.1 Å². The zero-order valence-electron chi connectivity index (χ0n) is 17.3. The summed E-state index contributed by atoms with van der Waals surface area (Å²) in [5, 5.41) is 20.7. The number of imide groups is 2. The molecule has 8 nitrogen and oxygen atoms in total. The van der Waals surface area contributed by atoms with Crippen LogP contribution in [0.4, 0.5) is 21.9 Å². The highest BCUT2D eigenvalue weighted by Crippen LogP contribution is 2.30. The zero-order valence-corrected chi connectivity index (χ0v) is 18.9. The number of phenolic OH excluding ortho intramolecular Hbond substituents is 1. The molecule has 4 amide bonds. The minimum atomic E-state index is -0.856. The first-order valence-corrected chi connectivity index (χ1v) is 10.6. The molecule has 9 heteroatoms. The Labute approximate surface area is 197 Å². The standard InChI is InChI=1S/C24H17BrN4O4/c1-14-11-18(8-9-20(14)25)29-23(32)19(22(31)26-24(29)33)13-15-12-17(7-10-21(15)30)28-27-16-5-3-2-4-6-16/h2-13,30H,1H3,(H,26,31,33)/b19-13+,28-27?. The lowest BCUT2D eigenvalue weighted by Crippen LogP contribution is -2.54. The Morgan fingerprint density at radius 3 is 2.39 bits per heavy atom. The van der Waals surface area contributed by atoms with Gasteiger partial charge in [0.05, 0.1) is 17.1 Å². The number of urea groups is 1. The number of anilines is 1. The number of hydrogen-bond acceptors (Lipinski definition) is 6. The summed E-state index contributed by atoms with van der Waals surface area (Å²) in [4.78, 5) is 38.8. The van der Waals surface area contributed by atoms with Crippen molar-refractivity contribution in [3.8, 4) is 5.75 Å². The fourth-order valence-corrected chi connectivity index (χ4v) is 3.39. The number of rotatable bonds is 4. The molecule has 3 aromatic carbocycles. The SMILES string of the molecule is Cc1cc(N2C(=O)NC(=O)/C(=C\c3cc(N=Nc4ccccc4)ccc3O)C2=O)ccc1Br. The van der Waals surface area contributed by atoms with E-state index < -0.39 is 17.8 Å². The largest absolute Gasteiger partial charge is 0.507 e. The van der Waals surface area contributed by atoms with Crippen LogP contribution in [0, 0.1) is 6.92 Å². The van der Waals surface area contributed by atoms with Gasteiger partial charge in [-0.2, -0.15) is 10.2 Å². The Kier molecular flexibility index (Phi) is 6.14. The summed E-state index contributed by atoms with van der Waals surface area (Å²) in [5.74, 6) is -1.82. The van der Waals surface area contributed by atoms with Gasteiger partial charge in [-0.15, -0.1) is 0 Å². The number of hydrogen-bond donors (Lipinski definition) is 2. The molecule has 0 unspecified atom stereocenters. The maximum absolute atomic E-state index is 13.1. The number of aromatic hydroxyl groups is 1. The van der Waals surface area contributed by atoms with Crippen LogP contribution in [0.5, 0.6) is 5.75 Å². The summed E-state index contributed by atoms with van der Waals surface area (Å²) < 4.78 is 0.814. The molecule has 1 aliphatic heterocycles. The summed E-state index contributed by atoms with van der Waals surface area (Å²) in [7, 11) is 0. The van der Waals surface area contributed by atoms with Gasteiger partial charge in [-0.05, 0) is 67.1 Å². The van der Waals surface area contributed by atoms with Gasteiger partial charge < -0.3 is 5.11 Å². The van der Waals surface area contributed by atoms with E-state index in [1.54, 1.807) is 36.4 Å². The first kappa shape index (κ1) is 22.1. The quantitative estimate of drug-likeness (QED) is 0.275. The van der Waals surface area contributed by atoms with E-state index >= 15 is 0 Å². The van der Waals surface area contributed by atoms with E-state index in [9.17, 15) is 19.5 Å². The van der Waals surface area contributed by atoms with Gasteiger partial charge in [0, 0.05) is 10.0 Å². The fraction of sp³-hybridized carbons (Fsp3) is 0.0417. The molecule has 33 heavy (non-hydrogen) atoms. The van der Waals surface area contributed by atoms with Crippen LogP contribution in [-0.2, 0) is 9.59 Å². The molecule has 0 aliphatic carbocycles. The van der Waals surface area contributed by atoms with Crippen molar-refractivity contribution >= 4 is 56.9 Å². The van der Waals surface area contributed by atoms with Crippen molar-refractivity contribution in [3.63, 3.8) is 0 Å². The molecule has 2 N–H and O–H groups in total. The summed E-state index contributed by atoms with van der Waals surface area (Å²) in [5.41, 5.74) is 2.05. The van der Waals surface area contributed by atoms with Crippen molar-refractivity contribution in [2.24, 2.45) is 10.2 Å². The lowest BCUT2D eigenvalue weighted by molar-refractivity contribution is -0.122. The number of nitrogens with one attached hydrogen (secondary N) is 1. The smallest absolute Gasteiger partial charge is 0.335 e. The summed E-state index contributed by atoms with van der Waals surface area (Å²) in [6.07, 6.45) is 1.22. The van der Waals surface area contributed by atoms with Gasteiger partial charge in [-0.25, -0.2) is 9.69 Å². The van der Waals surface area contributed by atoms with Gasteiger partial charge in [-0.1, -0.05) is 34.1 Å². The molecular weight excluding hydrogens is 488 g/mol. The van der Waals surface area contributed by atoms with Crippen molar-refractivity contribution in [1.82, 2.24) is 5.32 Å². The van der Waals surface area contributed by atoms with Gasteiger partial charge in [0.1, 0.15) is 11.3 Å². The van der Waals surface area contributed by atoms with Gasteiger partial charge >= 0.3 is 6.03 Å². The molecule has 3 aromatic rings. The summed E-state index contributed by atoms with van der Waals surface area (Å²) in [6, 6.07) is 17.6. The molecule has 0 saturated carbocycles. The van der Waals surface area contributed by atoms with Crippen molar-refractivity contribution in [1.29, 1.82) is 0 Å². The number of azo groups is 1. The van der Waals surface area contributed by atoms with Crippen LogP contribution < -0.4 is 10.2 Å². The van der Waals surface area contributed by atoms with Crippen LogP contribution >= 0.6 is 15.9 Å². The third-order valence-corrected chi connectivity index (χ3v) is 5.74. The highest BCUT2D eigenvalue weighted by Gasteiger charge is 2.37. The topological polar surface area (TPSA) is 111 Å². The van der Waals surface area contributed by atoms with Crippen LogP contribution in [0.2, 0.25) is 0 Å². The molecule has 1 fully saturated rings. The molecule has 1 aliphatic rings. The van der Waals surface area contributed by atoms with Crippen LogP contribution in [0.1, 0.15) is 11.1 Å². The molecule has 0 bridgehead atoms. The molecular formula is C24H17BrN4O4. The number of phenols is 1. The molecule has 0 spiro atoms. The monoisotopic (exact) mass is 504 g/mol. The van der Waals surface area contributed by atoms with E-state index in [2.05, 4.69) is 31.5 Å². The van der Waals surface area contributed by atoms with E-state index in [4.69, 9.17) is 0 Å². The van der Waals surface area contributed by atoms with Crippen LogP contribution in [0.25, 0.3) is 6.08 Å². The van der Waals surface area contributed by atoms with Gasteiger partial charge in [0.2, 0.25) is 0 Å². The van der Waals surface area contributed by atoms with Crippen molar-refractivity contribution in [3.05, 3.63) is 87.9 Å². The molecule has 4 rings (SSSR count). The van der Waals surface area contributed by atoms with Crippen LogP contribution in [0.15, 0.2) is 87.0 Å². The number of barbiturate groups is 1. The fourth-order valence-electron chi connectivity index (χ4n) is 3.15.